The number of rotatable bonds is 6. The number of nitrogens with zero attached hydrogens (tertiary/aromatic N) is 2. The molecule has 0 radical (unpaired) electrons. The molecule has 0 saturated carbocycles. The van der Waals surface area contributed by atoms with E-state index in [1.807, 2.05) is 6.07 Å². The van der Waals surface area contributed by atoms with Gasteiger partial charge in [-0.25, -0.2) is 9.50 Å². The normalized spacial score (nSPS) is 12.8. The maximum atomic E-state index is 13.2. The smallest absolute Gasteiger partial charge is 0.416 e. The van der Waals surface area contributed by atoms with Crippen molar-refractivity contribution >= 4 is 28.6 Å². The van der Waals surface area contributed by atoms with Crippen LogP contribution in [0.2, 0.25) is 0 Å². The Morgan fingerprint density at radius 3 is 2.66 bits per heavy atom. The van der Waals surface area contributed by atoms with Gasteiger partial charge in [0.1, 0.15) is 11.4 Å². The highest BCUT2D eigenvalue weighted by Gasteiger charge is 2.33. The number of aromatic nitrogens is 3. The molecule has 0 spiro atoms. The van der Waals surface area contributed by atoms with Gasteiger partial charge in [-0.05, 0) is 30.3 Å². The Kier molecular flexibility index (Phi) is 5.25. The average molecular weight is 446 g/mol. The number of nitrogens with one attached hydrogen (secondary N) is 2. The van der Waals surface area contributed by atoms with Crippen molar-refractivity contribution in [2.75, 3.05) is 7.11 Å². The fourth-order valence-corrected chi connectivity index (χ4v) is 3.49. The highest BCUT2D eigenvalue weighted by Crippen LogP contribution is 2.36. The largest absolute Gasteiger partial charge is 0.496 e. The Bertz CT molecular complexity index is 1330. The minimum absolute atomic E-state index is 0.0248. The Balaban J connectivity index is 1.69. The second kappa shape index (κ2) is 7.91. The van der Waals surface area contributed by atoms with Crippen molar-refractivity contribution in [2.45, 2.75) is 18.6 Å². The molecule has 166 valence electrons. The summed E-state index contributed by atoms with van der Waals surface area (Å²) < 4.78 is 46.3. The molecule has 8 nitrogen and oxygen atoms in total. The van der Waals surface area contributed by atoms with Crippen LogP contribution in [0.15, 0.2) is 48.5 Å². The number of methoxy groups -OCH3 is 1. The number of imidazole rings is 1. The van der Waals surface area contributed by atoms with Crippen LogP contribution in [0, 0.1) is 0 Å². The monoisotopic (exact) mass is 446 g/mol. The summed E-state index contributed by atoms with van der Waals surface area (Å²) in [7, 11) is 1.25. The highest BCUT2D eigenvalue weighted by molar-refractivity contribution is 5.95. The molecule has 0 aliphatic heterocycles. The zero-order valence-corrected chi connectivity index (χ0v) is 16.6. The molecule has 0 fully saturated rings. The summed E-state index contributed by atoms with van der Waals surface area (Å²) in [5, 5.41) is 14.7. The number of benzene rings is 2. The van der Waals surface area contributed by atoms with Gasteiger partial charge in [-0.2, -0.15) is 13.2 Å². The lowest BCUT2D eigenvalue weighted by Gasteiger charge is -2.21. The van der Waals surface area contributed by atoms with Crippen molar-refractivity contribution in [3.8, 4) is 5.75 Å². The molecule has 3 N–H and O–H groups in total. The molecule has 1 atom stereocenters. The van der Waals surface area contributed by atoms with Crippen LogP contribution in [0.1, 0.15) is 34.1 Å². The minimum Gasteiger partial charge on any atom is -0.496 e. The molecule has 32 heavy (non-hydrogen) atoms. The van der Waals surface area contributed by atoms with E-state index in [2.05, 4.69) is 15.4 Å². The second-order valence-corrected chi connectivity index (χ2v) is 7.04. The summed E-state index contributed by atoms with van der Waals surface area (Å²) in [6.07, 6.45) is -5.30. The summed E-state index contributed by atoms with van der Waals surface area (Å²) in [6, 6.07) is 10.1. The second-order valence-electron chi connectivity index (χ2n) is 7.04. The van der Waals surface area contributed by atoms with Gasteiger partial charge in [0.05, 0.1) is 36.2 Å². The number of carbonyl (C=O) groups is 2. The van der Waals surface area contributed by atoms with Gasteiger partial charge in [0.25, 0.3) is 5.91 Å². The van der Waals surface area contributed by atoms with Gasteiger partial charge in [-0.1, -0.05) is 12.1 Å². The van der Waals surface area contributed by atoms with Crippen LogP contribution in [0.3, 0.4) is 0 Å². The number of aliphatic carboxylic acids is 1. The lowest BCUT2D eigenvalue weighted by atomic mass is 9.99. The number of aromatic amines is 1. The Hall–Kier alpha value is -4.02. The first-order chi connectivity index (χ1) is 15.2. The van der Waals surface area contributed by atoms with Crippen molar-refractivity contribution in [3.63, 3.8) is 0 Å². The number of halogens is 3. The van der Waals surface area contributed by atoms with E-state index in [4.69, 9.17) is 4.74 Å². The zero-order chi connectivity index (χ0) is 23.0. The third-order valence-corrected chi connectivity index (χ3v) is 4.95. The van der Waals surface area contributed by atoms with Crippen LogP contribution in [-0.2, 0) is 11.0 Å². The number of fused-ring (bicyclic) bond motifs is 3. The van der Waals surface area contributed by atoms with Gasteiger partial charge >= 0.3 is 12.1 Å². The van der Waals surface area contributed by atoms with Gasteiger partial charge in [0, 0.05) is 11.6 Å². The third kappa shape index (κ3) is 3.96. The van der Waals surface area contributed by atoms with E-state index in [1.54, 1.807) is 22.7 Å². The average Bonchev–Trinajstić information content (AvgIpc) is 3.30. The molecule has 0 saturated heterocycles. The quantitative estimate of drug-likeness (QED) is 0.418. The first-order valence-corrected chi connectivity index (χ1v) is 9.41. The number of carboxylic acid groups (broad SMARTS) is 1. The van der Waals surface area contributed by atoms with Gasteiger partial charge < -0.3 is 15.2 Å². The van der Waals surface area contributed by atoms with E-state index in [0.29, 0.717) is 11.2 Å². The molecule has 0 aliphatic carbocycles. The third-order valence-electron chi connectivity index (χ3n) is 4.95. The summed E-state index contributed by atoms with van der Waals surface area (Å²) in [5.74, 6) is -1.98. The maximum Gasteiger partial charge on any atom is 0.416 e. The lowest BCUT2D eigenvalue weighted by Crippen LogP contribution is -2.31. The van der Waals surface area contributed by atoms with Crippen LogP contribution in [0.4, 0.5) is 13.2 Å². The Morgan fingerprint density at radius 2 is 1.97 bits per heavy atom. The lowest BCUT2D eigenvalue weighted by molar-refractivity contribution is -0.138. The van der Waals surface area contributed by atoms with Crippen LogP contribution >= 0.6 is 0 Å². The molecule has 2 aromatic heterocycles. The summed E-state index contributed by atoms with van der Waals surface area (Å²) in [5.41, 5.74) is 0.885. The number of amides is 1. The van der Waals surface area contributed by atoms with E-state index in [0.717, 1.165) is 23.7 Å². The molecular weight excluding hydrogens is 429 g/mol. The molecule has 2 aromatic carbocycles. The van der Waals surface area contributed by atoms with Crippen molar-refractivity contribution in [3.05, 3.63) is 65.4 Å². The first kappa shape index (κ1) is 21.2. The molecule has 1 amide bonds. The van der Waals surface area contributed by atoms with Crippen molar-refractivity contribution in [1.82, 2.24) is 19.9 Å². The van der Waals surface area contributed by atoms with Crippen LogP contribution in [0.5, 0.6) is 5.75 Å². The number of hydrogen-bond donors (Lipinski definition) is 3. The van der Waals surface area contributed by atoms with Crippen molar-refractivity contribution in [2.24, 2.45) is 0 Å². The van der Waals surface area contributed by atoms with Crippen LogP contribution in [-0.4, -0.2) is 38.7 Å². The van der Waals surface area contributed by atoms with Crippen molar-refractivity contribution in [1.29, 1.82) is 0 Å². The van der Waals surface area contributed by atoms with Crippen molar-refractivity contribution < 1.29 is 32.6 Å². The molecule has 1 unspecified atom stereocenters. The highest BCUT2D eigenvalue weighted by atomic mass is 19.4. The first-order valence-electron chi connectivity index (χ1n) is 9.41. The Labute approximate surface area is 178 Å². The molecule has 2 heterocycles. The number of carbonyl (C=O) groups excluding carboxylic acids is 1. The van der Waals surface area contributed by atoms with Gasteiger partial charge in [-0.15, -0.1) is 0 Å². The standard InChI is InChI=1S/C21H17F3N4O4/c1-32-17-7-6-11(21(22,23)24)8-12(17)14(10-19(29)30)26-20(31)15-9-18-25-13-4-2-3-5-16(13)28(18)27-15/h2-9,14,27H,10H2,1H3,(H,26,31)(H,29,30). The molecule has 11 heteroatoms. The fourth-order valence-electron chi connectivity index (χ4n) is 3.49. The van der Waals surface area contributed by atoms with Crippen LogP contribution in [0.25, 0.3) is 16.7 Å². The summed E-state index contributed by atoms with van der Waals surface area (Å²) >= 11 is 0. The fraction of sp³-hybridized carbons (Fsp3) is 0.190. The number of para-hydroxylation sites is 2. The summed E-state index contributed by atoms with van der Waals surface area (Å²) in [6.45, 7) is 0. The summed E-state index contributed by atoms with van der Waals surface area (Å²) in [4.78, 5) is 28.6. The van der Waals surface area contributed by atoms with Gasteiger partial charge in [0.2, 0.25) is 0 Å². The van der Waals surface area contributed by atoms with E-state index in [9.17, 15) is 27.9 Å². The van der Waals surface area contributed by atoms with E-state index in [1.165, 1.54) is 13.2 Å². The number of hydrogen-bond acceptors (Lipinski definition) is 4. The predicted octanol–water partition coefficient (Wildman–Crippen LogP) is 3.79. The molecule has 4 rings (SSSR count). The van der Waals surface area contributed by atoms with E-state index < -0.39 is 36.1 Å². The zero-order valence-electron chi connectivity index (χ0n) is 16.6. The number of ether oxygens (including phenoxy) is 1. The van der Waals surface area contributed by atoms with Gasteiger partial charge in [0.15, 0.2) is 5.65 Å². The minimum atomic E-state index is -4.65. The number of carboxylic acids is 1. The van der Waals surface area contributed by atoms with E-state index >= 15 is 0 Å². The Morgan fingerprint density at radius 1 is 1.22 bits per heavy atom. The topological polar surface area (TPSA) is 109 Å². The predicted molar refractivity (Wildman–Crippen MR) is 108 cm³/mol. The molecule has 0 aliphatic rings. The van der Waals surface area contributed by atoms with Crippen LogP contribution < -0.4 is 10.1 Å². The molecule has 0 bridgehead atoms. The molecule has 4 aromatic rings. The number of H-pyrrole nitrogens is 1. The SMILES string of the molecule is COc1ccc(C(F)(F)F)cc1C(CC(=O)O)NC(=O)c1cc2nc3ccccc3n2[nH]1. The maximum absolute atomic E-state index is 13.2. The number of alkyl halides is 3. The molecular formula is C21H17F3N4O4. The van der Waals surface area contributed by atoms with E-state index in [-0.39, 0.29) is 17.0 Å². The van der Waals surface area contributed by atoms with Gasteiger partial charge in [-0.3, -0.25) is 14.7 Å².